The molecule has 1 unspecified atom stereocenters. The number of imidazole rings is 1. The van der Waals surface area contributed by atoms with Gasteiger partial charge in [0.1, 0.15) is 0 Å². The fourth-order valence-electron chi connectivity index (χ4n) is 3.84. The van der Waals surface area contributed by atoms with Gasteiger partial charge in [0.15, 0.2) is 0 Å². The maximum absolute atomic E-state index is 4.49. The molecule has 1 aromatic heterocycles. The lowest BCUT2D eigenvalue weighted by molar-refractivity contribution is 0.248. The molecule has 1 atom stereocenters. The molecular formula is C20H23N3. The molecule has 2 heterocycles. The summed E-state index contributed by atoms with van der Waals surface area (Å²) < 4.78 is 2.07. The van der Waals surface area contributed by atoms with Gasteiger partial charge in [-0.15, -0.1) is 0 Å². The number of fused-ring (bicyclic) bond motifs is 1. The Balaban J connectivity index is 1.60. The molecule has 0 bridgehead atoms. The number of likely N-dealkylation sites (tertiary alicyclic amines) is 1. The number of hydrogen-bond donors (Lipinski definition) is 0. The highest BCUT2D eigenvalue weighted by molar-refractivity contribution is 5.75. The van der Waals surface area contributed by atoms with Crippen molar-refractivity contribution in [3.05, 3.63) is 65.5 Å². The average molecular weight is 305 g/mol. The van der Waals surface area contributed by atoms with Crippen molar-refractivity contribution in [1.29, 1.82) is 0 Å². The summed E-state index contributed by atoms with van der Waals surface area (Å²) in [6, 6.07) is 16.0. The smallest absolute Gasteiger partial charge is 0.0955 e. The molecule has 23 heavy (non-hydrogen) atoms. The van der Waals surface area contributed by atoms with Crippen LogP contribution < -0.4 is 0 Å². The zero-order valence-corrected chi connectivity index (χ0v) is 13.9. The average Bonchev–Trinajstić information content (AvgIpc) is 3.15. The first-order chi connectivity index (χ1) is 11.2. The molecule has 0 radical (unpaired) electrons. The Labute approximate surface area is 137 Å². The Morgan fingerprint density at radius 1 is 1.17 bits per heavy atom. The molecule has 2 aromatic carbocycles. The first-order valence-electron chi connectivity index (χ1n) is 8.42. The van der Waals surface area contributed by atoms with E-state index in [1.54, 1.807) is 0 Å². The summed E-state index contributed by atoms with van der Waals surface area (Å²) in [5, 5.41) is 0. The van der Waals surface area contributed by atoms with Gasteiger partial charge in [0.25, 0.3) is 0 Å². The van der Waals surface area contributed by atoms with Crippen LogP contribution in [0, 0.1) is 6.92 Å². The van der Waals surface area contributed by atoms with Crippen LogP contribution in [0.5, 0.6) is 0 Å². The van der Waals surface area contributed by atoms with Gasteiger partial charge in [-0.05, 0) is 55.1 Å². The molecule has 3 aromatic rings. The monoisotopic (exact) mass is 305 g/mol. The SMILES string of the molecule is Cc1ccccc1C1CCCN1Cc1ccc2c(c1)ncn2C. The van der Waals surface area contributed by atoms with E-state index in [0.717, 1.165) is 12.1 Å². The normalized spacial score (nSPS) is 18.8. The van der Waals surface area contributed by atoms with Crippen LogP contribution in [0.15, 0.2) is 48.8 Å². The Bertz CT molecular complexity index is 834. The first kappa shape index (κ1) is 14.5. The van der Waals surface area contributed by atoms with E-state index in [2.05, 4.69) is 63.8 Å². The van der Waals surface area contributed by atoms with Crippen LogP contribution in [-0.2, 0) is 13.6 Å². The highest BCUT2D eigenvalue weighted by atomic mass is 15.2. The summed E-state index contributed by atoms with van der Waals surface area (Å²) in [5.41, 5.74) is 6.55. The van der Waals surface area contributed by atoms with Crippen LogP contribution in [0.2, 0.25) is 0 Å². The van der Waals surface area contributed by atoms with Gasteiger partial charge >= 0.3 is 0 Å². The van der Waals surface area contributed by atoms with Crippen molar-refractivity contribution >= 4 is 11.0 Å². The number of aromatic nitrogens is 2. The van der Waals surface area contributed by atoms with Crippen LogP contribution in [-0.4, -0.2) is 21.0 Å². The Hall–Kier alpha value is -2.13. The summed E-state index contributed by atoms with van der Waals surface area (Å²) in [6.07, 6.45) is 4.43. The van der Waals surface area contributed by atoms with Crippen molar-refractivity contribution in [1.82, 2.24) is 14.5 Å². The van der Waals surface area contributed by atoms with Crippen molar-refractivity contribution in [2.24, 2.45) is 7.05 Å². The first-order valence-corrected chi connectivity index (χ1v) is 8.42. The third kappa shape index (κ3) is 2.66. The van der Waals surface area contributed by atoms with E-state index in [4.69, 9.17) is 0 Å². The zero-order chi connectivity index (χ0) is 15.8. The highest BCUT2D eigenvalue weighted by Gasteiger charge is 2.26. The molecule has 1 fully saturated rings. The number of nitrogens with zero attached hydrogens (tertiary/aromatic N) is 3. The van der Waals surface area contributed by atoms with E-state index in [1.165, 1.54) is 41.6 Å². The Kier molecular flexibility index (Phi) is 3.66. The van der Waals surface area contributed by atoms with Crippen LogP contribution >= 0.6 is 0 Å². The molecule has 1 aliphatic rings. The molecule has 1 saturated heterocycles. The van der Waals surface area contributed by atoms with Gasteiger partial charge in [-0.2, -0.15) is 0 Å². The minimum atomic E-state index is 0.552. The molecule has 3 heteroatoms. The van der Waals surface area contributed by atoms with Crippen molar-refractivity contribution in [2.75, 3.05) is 6.54 Å². The largest absolute Gasteiger partial charge is 0.334 e. The lowest BCUT2D eigenvalue weighted by atomic mass is 9.99. The van der Waals surface area contributed by atoms with Crippen molar-refractivity contribution < 1.29 is 0 Å². The fraction of sp³-hybridized carbons (Fsp3) is 0.350. The van der Waals surface area contributed by atoms with E-state index in [9.17, 15) is 0 Å². The van der Waals surface area contributed by atoms with Crippen LogP contribution in [0.25, 0.3) is 11.0 Å². The summed E-state index contributed by atoms with van der Waals surface area (Å²) >= 11 is 0. The van der Waals surface area contributed by atoms with Crippen LogP contribution in [0.1, 0.15) is 35.6 Å². The minimum Gasteiger partial charge on any atom is -0.334 e. The molecule has 118 valence electrons. The van der Waals surface area contributed by atoms with E-state index in [1.807, 2.05) is 13.4 Å². The van der Waals surface area contributed by atoms with Gasteiger partial charge in [-0.3, -0.25) is 4.90 Å². The molecule has 3 nitrogen and oxygen atoms in total. The van der Waals surface area contributed by atoms with Crippen molar-refractivity contribution in [3.63, 3.8) is 0 Å². The third-order valence-electron chi connectivity index (χ3n) is 5.09. The predicted molar refractivity (Wildman–Crippen MR) is 94.3 cm³/mol. The summed E-state index contributed by atoms with van der Waals surface area (Å²) in [7, 11) is 2.05. The molecule has 0 N–H and O–H groups in total. The molecule has 4 rings (SSSR count). The van der Waals surface area contributed by atoms with Crippen LogP contribution in [0.4, 0.5) is 0 Å². The zero-order valence-electron chi connectivity index (χ0n) is 13.9. The van der Waals surface area contributed by atoms with E-state index in [0.29, 0.717) is 6.04 Å². The minimum absolute atomic E-state index is 0.552. The van der Waals surface area contributed by atoms with Crippen molar-refractivity contribution in [2.45, 2.75) is 32.4 Å². The Morgan fingerprint density at radius 3 is 2.91 bits per heavy atom. The second-order valence-electron chi connectivity index (χ2n) is 6.66. The van der Waals surface area contributed by atoms with Gasteiger partial charge in [0.05, 0.1) is 17.4 Å². The second kappa shape index (κ2) is 5.82. The lowest BCUT2D eigenvalue weighted by Crippen LogP contribution is -2.23. The molecule has 1 aliphatic heterocycles. The van der Waals surface area contributed by atoms with Gasteiger partial charge in [-0.1, -0.05) is 30.3 Å². The number of hydrogen-bond acceptors (Lipinski definition) is 2. The van der Waals surface area contributed by atoms with E-state index < -0.39 is 0 Å². The van der Waals surface area contributed by atoms with Crippen molar-refractivity contribution in [3.8, 4) is 0 Å². The molecule has 0 saturated carbocycles. The molecule has 0 amide bonds. The number of benzene rings is 2. The quantitative estimate of drug-likeness (QED) is 0.722. The van der Waals surface area contributed by atoms with Gasteiger partial charge < -0.3 is 4.57 Å². The van der Waals surface area contributed by atoms with Crippen LogP contribution in [0.3, 0.4) is 0 Å². The van der Waals surface area contributed by atoms with E-state index >= 15 is 0 Å². The molecular weight excluding hydrogens is 282 g/mol. The molecule has 0 spiro atoms. The summed E-state index contributed by atoms with van der Waals surface area (Å²) in [6.45, 7) is 4.41. The van der Waals surface area contributed by atoms with Gasteiger partial charge in [0, 0.05) is 19.6 Å². The lowest BCUT2D eigenvalue weighted by Gasteiger charge is -2.26. The second-order valence-corrected chi connectivity index (χ2v) is 6.66. The summed E-state index contributed by atoms with van der Waals surface area (Å²) in [5.74, 6) is 0. The van der Waals surface area contributed by atoms with Gasteiger partial charge in [-0.25, -0.2) is 4.98 Å². The maximum Gasteiger partial charge on any atom is 0.0955 e. The standard InChI is InChI=1S/C20H23N3/c1-15-6-3-4-7-17(15)19-8-5-11-23(19)13-16-9-10-20-18(12-16)21-14-22(20)2/h3-4,6-7,9-10,12,14,19H,5,8,11,13H2,1-2H3. The highest BCUT2D eigenvalue weighted by Crippen LogP contribution is 2.34. The maximum atomic E-state index is 4.49. The Morgan fingerprint density at radius 2 is 2.04 bits per heavy atom. The topological polar surface area (TPSA) is 21.1 Å². The number of rotatable bonds is 3. The predicted octanol–water partition coefficient (Wildman–Crippen LogP) is 4.22. The van der Waals surface area contributed by atoms with E-state index in [-0.39, 0.29) is 0 Å². The summed E-state index contributed by atoms with van der Waals surface area (Å²) in [4.78, 5) is 7.11. The third-order valence-corrected chi connectivity index (χ3v) is 5.09. The molecule has 0 aliphatic carbocycles. The fourth-order valence-corrected chi connectivity index (χ4v) is 3.84. The van der Waals surface area contributed by atoms with Gasteiger partial charge in [0.2, 0.25) is 0 Å². The number of aryl methyl sites for hydroxylation is 2.